The van der Waals surface area contributed by atoms with E-state index in [1.165, 1.54) is 0 Å². The van der Waals surface area contributed by atoms with E-state index in [-0.39, 0.29) is 12.0 Å². The van der Waals surface area contributed by atoms with Gasteiger partial charge >= 0.3 is 0 Å². The highest BCUT2D eigenvalue weighted by molar-refractivity contribution is 6.73. The Bertz CT molecular complexity index is 423. The molecule has 23 heavy (non-hydrogen) atoms. The van der Waals surface area contributed by atoms with E-state index >= 15 is 0 Å². The summed E-state index contributed by atoms with van der Waals surface area (Å²) in [5.74, 6) is 0.000296. The predicted molar refractivity (Wildman–Crippen MR) is 98.0 cm³/mol. The van der Waals surface area contributed by atoms with Crippen LogP contribution in [0.4, 0.5) is 0 Å². The normalized spacial score (nSPS) is 14.4. The number of benzene rings is 1. The minimum Gasteiger partial charge on any atom is -0.414 e. The van der Waals surface area contributed by atoms with Crippen LogP contribution in [0.15, 0.2) is 30.3 Å². The summed E-state index contributed by atoms with van der Waals surface area (Å²) in [4.78, 5) is 11.0. The maximum atomic E-state index is 11.0. The summed E-state index contributed by atoms with van der Waals surface area (Å²) in [7, 11) is -1.62. The summed E-state index contributed by atoms with van der Waals surface area (Å²) in [5.41, 5.74) is 1.15. The minimum absolute atomic E-state index is 0.000296. The third-order valence-corrected chi connectivity index (χ3v) is 9.35. The highest BCUT2D eigenvalue weighted by Gasteiger charge is 2.30. The van der Waals surface area contributed by atoms with E-state index in [1.807, 2.05) is 25.1 Å². The summed E-state index contributed by atoms with van der Waals surface area (Å²) in [6, 6.07) is 13.6. The Hall–Kier alpha value is -0.973. The molecule has 3 nitrogen and oxygen atoms in total. The first-order valence-electron chi connectivity index (χ1n) is 8.83. The second-order valence-corrected chi connectivity index (χ2v) is 11.1. The van der Waals surface area contributed by atoms with Crippen molar-refractivity contribution in [2.24, 2.45) is 5.92 Å². The number of hydrogen-bond acceptors (Lipinski definition) is 3. The zero-order valence-corrected chi connectivity index (χ0v) is 16.1. The average molecular weight is 337 g/mol. The van der Waals surface area contributed by atoms with Gasteiger partial charge in [-0.15, -0.1) is 0 Å². The molecule has 2 atom stereocenters. The molecule has 1 rings (SSSR count). The fraction of sp³-hybridized carbons (Fsp3) is 0.632. The summed E-state index contributed by atoms with van der Waals surface area (Å²) < 4.78 is 12.4. The fourth-order valence-electron chi connectivity index (χ4n) is 2.77. The highest BCUT2D eigenvalue weighted by atomic mass is 28.4. The van der Waals surface area contributed by atoms with Gasteiger partial charge in [0.2, 0.25) is 0 Å². The van der Waals surface area contributed by atoms with Gasteiger partial charge in [0.1, 0.15) is 6.29 Å². The summed E-state index contributed by atoms with van der Waals surface area (Å²) >= 11 is 0. The Labute approximate surface area is 142 Å². The molecule has 0 fully saturated rings. The van der Waals surface area contributed by atoms with Gasteiger partial charge in [0.15, 0.2) is 8.32 Å². The van der Waals surface area contributed by atoms with Crippen molar-refractivity contribution in [1.82, 2.24) is 0 Å². The maximum Gasteiger partial charge on any atom is 0.192 e. The molecule has 0 saturated carbocycles. The Kier molecular flexibility index (Phi) is 9.37. The summed E-state index contributed by atoms with van der Waals surface area (Å²) in [5, 5.41) is 0. The van der Waals surface area contributed by atoms with Gasteiger partial charge < -0.3 is 14.0 Å². The Morgan fingerprint density at radius 3 is 2.22 bits per heavy atom. The van der Waals surface area contributed by atoms with Gasteiger partial charge in [0.25, 0.3) is 0 Å². The van der Waals surface area contributed by atoms with Gasteiger partial charge in [-0.05, 0) is 30.1 Å². The lowest BCUT2D eigenvalue weighted by atomic mass is 10.1. The van der Waals surface area contributed by atoms with Crippen LogP contribution in [0.3, 0.4) is 0 Å². The van der Waals surface area contributed by atoms with Crippen LogP contribution in [0.25, 0.3) is 0 Å². The van der Waals surface area contributed by atoms with Gasteiger partial charge in [0.05, 0.1) is 19.3 Å². The van der Waals surface area contributed by atoms with Gasteiger partial charge in [-0.1, -0.05) is 58.0 Å². The molecule has 0 bridgehead atoms. The lowest BCUT2D eigenvalue weighted by Gasteiger charge is -2.31. The molecular weight excluding hydrogens is 304 g/mol. The second kappa shape index (κ2) is 10.7. The topological polar surface area (TPSA) is 35.5 Å². The summed E-state index contributed by atoms with van der Waals surface area (Å²) in [6.45, 7) is 9.80. The molecule has 0 N–H and O–H groups in total. The molecule has 0 aliphatic heterocycles. The lowest BCUT2D eigenvalue weighted by Crippen LogP contribution is -2.39. The fourth-order valence-corrected chi connectivity index (χ4v) is 5.42. The zero-order valence-electron chi connectivity index (χ0n) is 15.1. The van der Waals surface area contributed by atoms with Crippen LogP contribution in [0, 0.1) is 5.92 Å². The monoisotopic (exact) mass is 336 g/mol. The third-order valence-electron chi connectivity index (χ3n) is 4.70. The van der Waals surface area contributed by atoms with Crippen LogP contribution >= 0.6 is 0 Å². The number of carbonyl (C=O) groups excluding carboxylic acids is 1. The molecule has 0 amide bonds. The smallest absolute Gasteiger partial charge is 0.192 e. The molecule has 0 aromatic heterocycles. The summed E-state index contributed by atoms with van der Waals surface area (Å²) in [6.07, 6.45) is 1.70. The largest absolute Gasteiger partial charge is 0.414 e. The van der Waals surface area contributed by atoms with E-state index in [2.05, 4.69) is 32.9 Å². The van der Waals surface area contributed by atoms with Crippen LogP contribution < -0.4 is 0 Å². The number of rotatable bonds is 12. The van der Waals surface area contributed by atoms with E-state index < -0.39 is 8.32 Å². The van der Waals surface area contributed by atoms with Gasteiger partial charge in [-0.25, -0.2) is 0 Å². The minimum atomic E-state index is -1.62. The first kappa shape index (κ1) is 20.1. The molecule has 130 valence electrons. The number of ether oxygens (including phenoxy) is 1. The number of carbonyl (C=O) groups is 1. The quantitative estimate of drug-likeness (QED) is 0.405. The van der Waals surface area contributed by atoms with Gasteiger partial charge in [-0.2, -0.15) is 0 Å². The van der Waals surface area contributed by atoms with Crippen molar-refractivity contribution in [3.63, 3.8) is 0 Å². The van der Waals surface area contributed by atoms with Crippen molar-refractivity contribution < 1.29 is 14.0 Å². The van der Waals surface area contributed by atoms with Crippen molar-refractivity contribution >= 4 is 14.6 Å². The van der Waals surface area contributed by atoms with Crippen LogP contribution in [0.2, 0.25) is 18.1 Å². The van der Waals surface area contributed by atoms with E-state index in [0.717, 1.165) is 36.4 Å². The van der Waals surface area contributed by atoms with Crippen molar-refractivity contribution in [2.45, 2.75) is 65.0 Å². The van der Waals surface area contributed by atoms with Crippen molar-refractivity contribution in [3.8, 4) is 0 Å². The van der Waals surface area contributed by atoms with E-state index in [1.54, 1.807) is 0 Å². The second-order valence-electron chi connectivity index (χ2n) is 6.32. The van der Waals surface area contributed by atoms with Gasteiger partial charge in [-0.3, -0.25) is 0 Å². The standard InChI is InChI=1S/C19H32O3Si/c1-5-23(6-2,7-3)22-16-19(13-17(4)14-20)21-15-18-11-9-8-10-12-18/h8-12,14,17,19H,5-7,13,15-16H2,1-4H3/t17-,19-/m0/s1. The van der Waals surface area contributed by atoms with Crippen LogP contribution in [0.5, 0.6) is 0 Å². The predicted octanol–water partition coefficient (Wildman–Crippen LogP) is 4.82. The molecule has 0 aliphatic carbocycles. The molecule has 0 radical (unpaired) electrons. The van der Waals surface area contributed by atoms with Crippen LogP contribution in [-0.2, 0) is 20.6 Å². The molecule has 4 heteroatoms. The Balaban J connectivity index is 2.62. The highest BCUT2D eigenvalue weighted by Crippen LogP contribution is 2.23. The molecule has 0 saturated heterocycles. The first-order valence-corrected chi connectivity index (χ1v) is 11.4. The van der Waals surface area contributed by atoms with E-state index in [4.69, 9.17) is 9.16 Å². The molecular formula is C19H32O3Si. The molecule has 0 heterocycles. The van der Waals surface area contributed by atoms with Crippen molar-refractivity contribution in [1.29, 1.82) is 0 Å². The number of aldehydes is 1. The van der Waals surface area contributed by atoms with E-state index in [9.17, 15) is 4.79 Å². The zero-order chi connectivity index (χ0) is 17.1. The number of hydrogen-bond donors (Lipinski definition) is 0. The molecule has 1 aromatic carbocycles. The van der Waals surface area contributed by atoms with Crippen molar-refractivity contribution in [2.75, 3.05) is 6.61 Å². The van der Waals surface area contributed by atoms with E-state index in [0.29, 0.717) is 13.2 Å². The Morgan fingerprint density at radius 1 is 1.09 bits per heavy atom. The SMILES string of the molecule is CC[Si](CC)(CC)OC[C@H](C[C@H](C)C=O)OCc1ccccc1. The maximum absolute atomic E-state index is 11.0. The van der Waals surface area contributed by atoms with Crippen LogP contribution in [0.1, 0.15) is 39.7 Å². The molecule has 0 aliphatic rings. The molecule has 0 spiro atoms. The van der Waals surface area contributed by atoms with Gasteiger partial charge in [0, 0.05) is 5.92 Å². The third kappa shape index (κ3) is 6.98. The van der Waals surface area contributed by atoms with Crippen LogP contribution in [-0.4, -0.2) is 27.3 Å². The lowest BCUT2D eigenvalue weighted by molar-refractivity contribution is -0.112. The first-order chi connectivity index (χ1) is 11.1. The van der Waals surface area contributed by atoms with Crippen molar-refractivity contribution in [3.05, 3.63) is 35.9 Å². The average Bonchev–Trinajstić information content (AvgIpc) is 2.61. The molecule has 1 aromatic rings. The Morgan fingerprint density at radius 2 is 1.70 bits per heavy atom. The molecule has 0 unspecified atom stereocenters.